The van der Waals surface area contributed by atoms with Gasteiger partial charge in [0.15, 0.2) is 18.9 Å². The topological polar surface area (TPSA) is 115 Å². The minimum absolute atomic E-state index is 0. The van der Waals surface area contributed by atoms with Crippen molar-refractivity contribution in [3.8, 4) is 0 Å². The standard InChI is InChI=1S/C19H15ClN5O4.BrH/c20-15-6-4-14(5-7-15)18(13-23-10-2-1-3-11-23)22-21-17-9-8-16(24(26)27)12-19(17)25(28)29;/h1-12,21H,13H2;1H/q+1;/p-1/b22-18-;. The van der Waals surface area contributed by atoms with Crippen LogP contribution in [0.15, 0.2) is 78.2 Å². The highest BCUT2D eigenvalue weighted by Gasteiger charge is 2.20. The van der Waals surface area contributed by atoms with Crippen LogP contribution in [0.2, 0.25) is 5.02 Å². The van der Waals surface area contributed by atoms with Crippen molar-refractivity contribution in [1.82, 2.24) is 0 Å². The first-order valence-corrected chi connectivity index (χ1v) is 8.77. The van der Waals surface area contributed by atoms with Gasteiger partial charge in [-0.15, -0.1) is 0 Å². The van der Waals surface area contributed by atoms with Crippen LogP contribution in [0, 0.1) is 20.2 Å². The van der Waals surface area contributed by atoms with Crippen LogP contribution in [0.3, 0.4) is 0 Å². The van der Waals surface area contributed by atoms with Crippen LogP contribution in [0.4, 0.5) is 17.1 Å². The molecule has 0 spiro atoms. The first-order chi connectivity index (χ1) is 13.9. The summed E-state index contributed by atoms with van der Waals surface area (Å²) in [6.07, 6.45) is 3.72. The van der Waals surface area contributed by atoms with Crippen LogP contribution in [-0.2, 0) is 6.54 Å². The van der Waals surface area contributed by atoms with Crippen molar-refractivity contribution >= 4 is 34.4 Å². The number of non-ortho nitro benzene ring substituents is 1. The number of nitro groups is 2. The number of aromatic nitrogens is 1. The van der Waals surface area contributed by atoms with Crippen LogP contribution in [0.25, 0.3) is 0 Å². The van der Waals surface area contributed by atoms with E-state index in [-0.39, 0.29) is 28.4 Å². The molecule has 3 aromatic rings. The quantitative estimate of drug-likeness (QED) is 0.228. The second kappa shape index (κ2) is 10.4. The number of anilines is 1. The first-order valence-electron chi connectivity index (χ1n) is 8.39. The van der Waals surface area contributed by atoms with Gasteiger partial charge in [-0.05, 0) is 18.2 Å². The molecule has 1 heterocycles. The zero-order valence-corrected chi connectivity index (χ0v) is 17.7. The van der Waals surface area contributed by atoms with E-state index in [0.29, 0.717) is 17.3 Å². The average molecular weight is 493 g/mol. The van der Waals surface area contributed by atoms with Crippen molar-refractivity contribution in [2.75, 3.05) is 5.43 Å². The van der Waals surface area contributed by atoms with Gasteiger partial charge in [-0.25, -0.2) is 0 Å². The molecule has 0 saturated heterocycles. The van der Waals surface area contributed by atoms with Gasteiger partial charge >= 0.3 is 5.69 Å². The van der Waals surface area contributed by atoms with E-state index in [9.17, 15) is 20.2 Å². The molecule has 3 rings (SSSR count). The lowest BCUT2D eigenvalue weighted by molar-refractivity contribution is -0.681. The Morgan fingerprint density at radius 1 is 1.00 bits per heavy atom. The molecule has 0 fully saturated rings. The molecule has 0 unspecified atom stereocenters. The Kier molecular flexibility index (Phi) is 7.96. The molecule has 0 aliphatic rings. The van der Waals surface area contributed by atoms with Crippen LogP contribution >= 0.6 is 11.6 Å². The van der Waals surface area contributed by atoms with Gasteiger partial charge < -0.3 is 17.0 Å². The number of hydrogen-bond acceptors (Lipinski definition) is 6. The maximum absolute atomic E-state index is 11.3. The Balaban J connectivity index is 0.00000320. The van der Waals surface area contributed by atoms with Crippen molar-refractivity contribution < 1.29 is 31.4 Å². The monoisotopic (exact) mass is 491 g/mol. The number of halogens is 2. The molecule has 0 bridgehead atoms. The number of hydrazone groups is 1. The molecular weight excluding hydrogens is 478 g/mol. The summed E-state index contributed by atoms with van der Waals surface area (Å²) in [4.78, 5) is 20.8. The van der Waals surface area contributed by atoms with Crippen molar-refractivity contribution in [1.29, 1.82) is 0 Å². The first kappa shape index (κ1) is 22.9. The molecule has 154 valence electrons. The summed E-state index contributed by atoms with van der Waals surface area (Å²) in [5.74, 6) is 0. The van der Waals surface area contributed by atoms with Crippen molar-refractivity contribution in [3.05, 3.63) is 104 Å². The van der Waals surface area contributed by atoms with Gasteiger partial charge in [-0.2, -0.15) is 9.67 Å². The lowest BCUT2D eigenvalue weighted by atomic mass is 10.1. The Morgan fingerprint density at radius 2 is 1.67 bits per heavy atom. The van der Waals surface area contributed by atoms with E-state index in [1.54, 1.807) is 24.3 Å². The Labute approximate surface area is 186 Å². The lowest BCUT2D eigenvalue weighted by Gasteiger charge is -2.07. The second-order valence-electron chi connectivity index (χ2n) is 5.94. The van der Waals surface area contributed by atoms with Gasteiger partial charge in [0, 0.05) is 28.8 Å². The molecule has 0 aliphatic carbocycles. The molecular formula is C19H15BrClN5O4. The molecule has 0 atom stereocenters. The summed E-state index contributed by atoms with van der Waals surface area (Å²) in [5, 5.41) is 27.1. The van der Waals surface area contributed by atoms with E-state index in [4.69, 9.17) is 11.6 Å². The molecule has 0 saturated carbocycles. The maximum atomic E-state index is 11.3. The summed E-state index contributed by atoms with van der Waals surface area (Å²) in [5.41, 5.74) is 3.26. The van der Waals surface area contributed by atoms with Crippen LogP contribution in [-0.4, -0.2) is 15.6 Å². The summed E-state index contributed by atoms with van der Waals surface area (Å²) < 4.78 is 1.89. The predicted octanol–water partition coefficient (Wildman–Crippen LogP) is 0.964. The highest BCUT2D eigenvalue weighted by atomic mass is 79.9. The van der Waals surface area contributed by atoms with E-state index < -0.39 is 15.5 Å². The van der Waals surface area contributed by atoms with Crippen molar-refractivity contribution in [2.45, 2.75) is 6.54 Å². The molecule has 0 amide bonds. The third-order valence-corrected chi connectivity index (χ3v) is 4.24. The van der Waals surface area contributed by atoms with E-state index in [1.165, 1.54) is 12.1 Å². The summed E-state index contributed by atoms with van der Waals surface area (Å²) >= 11 is 5.95. The van der Waals surface area contributed by atoms with Crippen LogP contribution < -0.4 is 27.0 Å². The number of benzene rings is 2. The van der Waals surface area contributed by atoms with Crippen molar-refractivity contribution in [3.63, 3.8) is 0 Å². The van der Waals surface area contributed by atoms with Gasteiger partial charge in [-0.3, -0.25) is 25.7 Å². The third-order valence-electron chi connectivity index (χ3n) is 3.99. The fourth-order valence-electron chi connectivity index (χ4n) is 2.55. The number of nitro benzene ring substituents is 2. The SMILES string of the molecule is O=[N+]([O-])c1ccc(N/N=C(/C[n+]2ccccc2)c2ccc(Cl)cc2)c([N+](=O)[O-])c1.[Br-]. The minimum atomic E-state index is -0.696. The molecule has 30 heavy (non-hydrogen) atoms. The molecule has 0 radical (unpaired) electrons. The molecule has 1 N–H and O–H groups in total. The van der Waals surface area contributed by atoms with Crippen LogP contribution in [0.1, 0.15) is 5.56 Å². The molecule has 11 heteroatoms. The van der Waals surface area contributed by atoms with E-state index in [0.717, 1.165) is 11.6 Å². The van der Waals surface area contributed by atoms with E-state index in [2.05, 4.69) is 10.5 Å². The number of pyridine rings is 1. The number of rotatable bonds is 7. The van der Waals surface area contributed by atoms with E-state index in [1.807, 2.05) is 35.2 Å². The van der Waals surface area contributed by atoms with Gasteiger partial charge in [0.25, 0.3) is 5.69 Å². The van der Waals surface area contributed by atoms with Crippen LogP contribution in [0.5, 0.6) is 0 Å². The molecule has 9 nitrogen and oxygen atoms in total. The average Bonchev–Trinajstić information content (AvgIpc) is 2.72. The normalized spacial score (nSPS) is 10.8. The number of nitrogens with one attached hydrogen (secondary N) is 1. The van der Waals surface area contributed by atoms with E-state index >= 15 is 0 Å². The third kappa shape index (κ3) is 5.82. The Morgan fingerprint density at radius 3 is 2.27 bits per heavy atom. The second-order valence-corrected chi connectivity index (χ2v) is 6.38. The fraction of sp³-hybridized carbons (Fsp3) is 0.0526. The summed E-state index contributed by atoms with van der Waals surface area (Å²) in [7, 11) is 0. The van der Waals surface area contributed by atoms with Gasteiger partial charge in [-0.1, -0.05) is 29.8 Å². The van der Waals surface area contributed by atoms with Gasteiger partial charge in [0.2, 0.25) is 0 Å². The molecule has 1 aromatic heterocycles. The predicted molar refractivity (Wildman–Crippen MR) is 108 cm³/mol. The number of hydrogen-bond donors (Lipinski definition) is 1. The zero-order chi connectivity index (χ0) is 20.8. The zero-order valence-electron chi connectivity index (χ0n) is 15.3. The largest absolute Gasteiger partial charge is 1.00 e. The Hall–Kier alpha value is -3.37. The maximum Gasteiger partial charge on any atom is 0.301 e. The van der Waals surface area contributed by atoms with Gasteiger partial charge in [0.1, 0.15) is 11.4 Å². The van der Waals surface area contributed by atoms with Gasteiger partial charge in [0.05, 0.1) is 15.9 Å². The highest BCUT2D eigenvalue weighted by molar-refractivity contribution is 6.30. The summed E-state index contributed by atoms with van der Waals surface area (Å²) in [6, 6.07) is 16.0. The molecule has 0 aliphatic heterocycles. The fourth-order valence-corrected chi connectivity index (χ4v) is 2.68. The smallest absolute Gasteiger partial charge is 0.301 e. The van der Waals surface area contributed by atoms with Crippen molar-refractivity contribution in [2.24, 2.45) is 5.10 Å². The Bertz CT molecular complexity index is 1080. The lowest BCUT2D eigenvalue weighted by Crippen LogP contribution is -3.00. The summed E-state index contributed by atoms with van der Waals surface area (Å²) in [6.45, 7) is 0.385. The highest BCUT2D eigenvalue weighted by Crippen LogP contribution is 2.29. The number of nitrogens with zero attached hydrogens (tertiary/aromatic N) is 4. The molecule has 2 aromatic carbocycles. The minimum Gasteiger partial charge on any atom is -1.00 e.